The summed E-state index contributed by atoms with van der Waals surface area (Å²) in [7, 11) is 0. The summed E-state index contributed by atoms with van der Waals surface area (Å²) in [5, 5.41) is 9.83. The Labute approximate surface area is 83.6 Å². The third-order valence-electron chi connectivity index (χ3n) is 2.74. The van der Waals surface area contributed by atoms with Crippen LogP contribution in [0.3, 0.4) is 0 Å². The second-order valence-corrected chi connectivity index (χ2v) is 3.67. The zero-order valence-electron chi connectivity index (χ0n) is 8.10. The van der Waals surface area contributed by atoms with Crippen LogP contribution >= 0.6 is 0 Å². The SMILES string of the molecule is NC1=CC=CN(C2CCOCC2)C1O. The fourth-order valence-electron chi connectivity index (χ4n) is 1.90. The quantitative estimate of drug-likeness (QED) is 0.627. The summed E-state index contributed by atoms with van der Waals surface area (Å²) in [4.78, 5) is 1.91. The molecule has 4 nitrogen and oxygen atoms in total. The molecule has 2 aliphatic heterocycles. The van der Waals surface area contributed by atoms with E-state index in [9.17, 15) is 5.11 Å². The first-order valence-corrected chi connectivity index (χ1v) is 4.96. The van der Waals surface area contributed by atoms with Crippen LogP contribution in [0.2, 0.25) is 0 Å². The summed E-state index contributed by atoms with van der Waals surface area (Å²) in [6.45, 7) is 1.54. The van der Waals surface area contributed by atoms with Crippen molar-refractivity contribution < 1.29 is 9.84 Å². The van der Waals surface area contributed by atoms with Crippen LogP contribution in [0.1, 0.15) is 12.8 Å². The number of hydrogen-bond acceptors (Lipinski definition) is 4. The molecule has 1 fully saturated rings. The second kappa shape index (κ2) is 4.02. The molecule has 0 bridgehead atoms. The van der Waals surface area contributed by atoms with Crippen molar-refractivity contribution in [1.29, 1.82) is 0 Å². The van der Waals surface area contributed by atoms with Crippen molar-refractivity contribution in [2.24, 2.45) is 5.73 Å². The summed E-state index contributed by atoms with van der Waals surface area (Å²) in [5.74, 6) is 0. The average molecular weight is 196 g/mol. The lowest BCUT2D eigenvalue weighted by atomic mass is 10.1. The van der Waals surface area contributed by atoms with Gasteiger partial charge in [-0.05, 0) is 25.0 Å². The monoisotopic (exact) mass is 196 g/mol. The van der Waals surface area contributed by atoms with E-state index in [2.05, 4.69) is 0 Å². The predicted molar refractivity (Wildman–Crippen MR) is 53.1 cm³/mol. The van der Waals surface area contributed by atoms with Crippen LogP contribution in [0.4, 0.5) is 0 Å². The maximum atomic E-state index is 9.83. The van der Waals surface area contributed by atoms with Gasteiger partial charge < -0.3 is 20.5 Å². The summed E-state index contributed by atoms with van der Waals surface area (Å²) >= 11 is 0. The minimum atomic E-state index is -0.664. The van der Waals surface area contributed by atoms with Crippen LogP contribution < -0.4 is 5.73 Å². The zero-order valence-corrected chi connectivity index (χ0v) is 8.10. The molecule has 78 valence electrons. The predicted octanol–water partition coefficient (Wildman–Crippen LogP) is 0.156. The first-order chi connectivity index (χ1) is 6.79. The maximum absolute atomic E-state index is 9.83. The molecule has 3 N–H and O–H groups in total. The van der Waals surface area contributed by atoms with E-state index in [0.29, 0.717) is 11.7 Å². The van der Waals surface area contributed by atoms with Crippen LogP contribution in [0, 0.1) is 0 Å². The first-order valence-electron chi connectivity index (χ1n) is 4.96. The zero-order chi connectivity index (χ0) is 9.97. The molecule has 2 rings (SSSR count). The topological polar surface area (TPSA) is 58.7 Å². The van der Waals surface area contributed by atoms with Gasteiger partial charge in [0.05, 0.1) is 5.70 Å². The van der Waals surface area contributed by atoms with Gasteiger partial charge in [-0.2, -0.15) is 0 Å². The molecule has 14 heavy (non-hydrogen) atoms. The van der Waals surface area contributed by atoms with Gasteiger partial charge in [0.25, 0.3) is 0 Å². The van der Waals surface area contributed by atoms with Crippen molar-refractivity contribution in [1.82, 2.24) is 4.90 Å². The van der Waals surface area contributed by atoms with Crippen molar-refractivity contribution >= 4 is 0 Å². The van der Waals surface area contributed by atoms with Crippen LogP contribution in [0.5, 0.6) is 0 Å². The van der Waals surface area contributed by atoms with E-state index in [1.807, 2.05) is 17.2 Å². The van der Waals surface area contributed by atoms with E-state index in [1.165, 1.54) is 0 Å². The molecule has 1 saturated heterocycles. The van der Waals surface area contributed by atoms with Crippen LogP contribution in [0.25, 0.3) is 0 Å². The van der Waals surface area contributed by atoms with Crippen LogP contribution in [0.15, 0.2) is 24.0 Å². The molecule has 0 radical (unpaired) electrons. The number of hydrogen-bond donors (Lipinski definition) is 2. The largest absolute Gasteiger partial charge is 0.398 e. The highest BCUT2D eigenvalue weighted by Crippen LogP contribution is 2.20. The average Bonchev–Trinajstić information content (AvgIpc) is 2.23. The fourth-order valence-corrected chi connectivity index (χ4v) is 1.90. The smallest absolute Gasteiger partial charge is 0.167 e. The maximum Gasteiger partial charge on any atom is 0.167 e. The number of nitrogens with zero attached hydrogens (tertiary/aromatic N) is 1. The Morgan fingerprint density at radius 1 is 1.43 bits per heavy atom. The molecule has 0 aromatic heterocycles. The van der Waals surface area contributed by atoms with Gasteiger partial charge in [-0.25, -0.2) is 0 Å². The Morgan fingerprint density at radius 3 is 2.86 bits per heavy atom. The summed E-state index contributed by atoms with van der Waals surface area (Å²) in [5.41, 5.74) is 6.18. The molecular weight excluding hydrogens is 180 g/mol. The highest BCUT2D eigenvalue weighted by atomic mass is 16.5. The molecule has 1 unspecified atom stereocenters. The number of allylic oxidation sites excluding steroid dienone is 2. The van der Waals surface area contributed by atoms with Crippen molar-refractivity contribution in [2.45, 2.75) is 25.1 Å². The Bertz CT molecular complexity index is 257. The summed E-state index contributed by atoms with van der Waals surface area (Å²) < 4.78 is 5.27. The van der Waals surface area contributed by atoms with Crippen molar-refractivity contribution in [3.63, 3.8) is 0 Å². The number of nitrogens with two attached hydrogens (primary N) is 1. The van der Waals surface area contributed by atoms with Gasteiger partial charge in [-0.1, -0.05) is 0 Å². The van der Waals surface area contributed by atoms with Gasteiger partial charge in [-0.3, -0.25) is 0 Å². The Hall–Kier alpha value is -1.00. The van der Waals surface area contributed by atoms with Gasteiger partial charge in [0.1, 0.15) is 0 Å². The summed E-state index contributed by atoms with van der Waals surface area (Å²) in [6, 6.07) is 0.349. The number of aliphatic hydroxyl groups excluding tert-OH is 1. The van der Waals surface area contributed by atoms with E-state index in [4.69, 9.17) is 10.5 Å². The third-order valence-corrected chi connectivity index (χ3v) is 2.74. The standard InChI is InChI=1S/C10H16N2O2/c11-9-2-1-5-12(10(9)13)8-3-6-14-7-4-8/h1-2,5,8,10,13H,3-4,6-7,11H2. The molecule has 0 aromatic carbocycles. The number of rotatable bonds is 1. The summed E-state index contributed by atoms with van der Waals surface area (Å²) in [6.07, 6.45) is 6.75. The third kappa shape index (κ3) is 1.76. The Balaban J connectivity index is 2.03. The molecule has 2 aliphatic rings. The van der Waals surface area contributed by atoms with Crippen molar-refractivity contribution in [2.75, 3.05) is 13.2 Å². The molecule has 2 heterocycles. The van der Waals surface area contributed by atoms with Gasteiger partial charge in [0.2, 0.25) is 0 Å². The lowest BCUT2D eigenvalue weighted by Gasteiger charge is -2.38. The van der Waals surface area contributed by atoms with Crippen LogP contribution in [-0.2, 0) is 4.74 Å². The van der Waals surface area contributed by atoms with Gasteiger partial charge in [0, 0.05) is 25.5 Å². The Kier molecular flexibility index (Phi) is 2.74. The second-order valence-electron chi connectivity index (χ2n) is 3.67. The van der Waals surface area contributed by atoms with Crippen LogP contribution in [-0.4, -0.2) is 35.5 Å². The highest BCUT2D eigenvalue weighted by molar-refractivity contribution is 5.18. The molecule has 0 spiro atoms. The molecule has 4 heteroatoms. The van der Waals surface area contributed by atoms with Crippen molar-refractivity contribution in [3.8, 4) is 0 Å². The first kappa shape index (κ1) is 9.55. The number of ether oxygens (including phenoxy) is 1. The molecule has 1 atom stereocenters. The number of aliphatic hydroxyl groups is 1. The molecule has 0 amide bonds. The fraction of sp³-hybridized carbons (Fsp3) is 0.600. The molecule has 0 saturated carbocycles. The Morgan fingerprint density at radius 2 is 2.14 bits per heavy atom. The lowest BCUT2D eigenvalue weighted by Crippen LogP contribution is -2.45. The molecule has 0 aliphatic carbocycles. The lowest BCUT2D eigenvalue weighted by molar-refractivity contribution is -0.0134. The molecule has 0 aromatic rings. The van der Waals surface area contributed by atoms with Crippen molar-refractivity contribution in [3.05, 3.63) is 24.0 Å². The minimum absolute atomic E-state index is 0.349. The highest BCUT2D eigenvalue weighted by Gasteiger charge is 2.26. The van der Waals surface area contributed by atoms with Gasteiger partial charge >= 0.3 is 0 Å². The molecular formula is C10H16N2O2. The van der Waals surface area contributed by atoms with E-state index in [1.54, 1.807) is 6.08 Å². The van der Waals surface area contributed by atoms with E-state index >= 15 is 0 Å². The van der Waals surface area contributed by atoms with E-state index in [0.717, 1.165) is 26.1 Å². The van der Waals surface area contributed by atoms with E-state index in [-0.39, 0.29) is 0 Å². The minimum Gasteiger partial charge on any atom is -0.398 e. The normalized spacial score (nSPS) is 29.1. The van der Waals surface area contributed by atoms with Gasteiger partial charge in [-0.15, -0.1) is 0 Å². The van der Waals surface area contributed by atoms with E-state index < -0.39 is 6.23 Å². The van der Waals surface area contributed by atoms with Gasteiger partial charge in [0.15, 0.2) is 6.23 Å².